The molecule has 33 heavy (non-hydrogen) atoms. The predicted molar refractivity (Wildman–Crippen MR) is 132 cm³/mol. The number of aromatic nitrogens is 3. The molecule has 0 aliphatic carbocycles. The number of hydrogen-bond donors (Lipinski definition) is 0. The van der Waals surface area contributed by atoms with E-state index in [0.29, 0.717) is 30.1 Å². The minimum absolute atomic E-state index is 0.00378. The second kappa shape index (κ2) is 9.72. The van der Waals surface area contributed by atoms with E-state index in [9.17, 15) is 9.59 Å². The van der Waals surface area contributed by atoms with E-state index in [4.69, 9.17) is 0 Å². The summed E-state index contributed by atoms with van der Waals surface area (Å²) in [6.07, 6.45) is 2.10. The molecule has 5 rings (SSSR count). The smallest absolute Gasteiger partial charge is 0.227 e. The Bertz CT molecular complexity index is 1270. The van der Waals surface area contributed by atoms with Crippen molar-refractivity contribution in [3.8, 4) is 5.69 Å². The van der Waals surface area contributed by atoms with Crippen LogP contribution in [-0.2, 0) is 11.2 Å². The molecule has 1 saturated heterocycles. The van der Waals surface area contributed by atoms with Crippen LogP contribution in [0.2, 0.25) is 0 Å². The molecule has 0 spiro atoms. The summed E-state index contributed by atoms with van der Waals surface area (Å²) in [6.45, 7) is 0.707. The van der Waals surface area contributed by atoms with E-state index in [1.807, 2.05) is 59.2 Å². The number of hydrogen-bond acceptors (Lipinski definition) is 6. The Labute approximate surface area is 200 Å². The number of Topliss-reactive ketones (excluding diaryl/α,β-unsaturated/α-hetero) is 1. The van der Waals surface area contributed by atoms with Gasteiger partial charge in [0.1, 0.15) is 5.82 Å². The van der Waals surface area contributed by atoms with Crippen molar-refractivity contribution in [2.45, 2.75) is 24.4 Å². The molecule has 0 bridgehead atoms. The van der Waals surface area contributed by atoms with Crippen LogP contribution in [0.1, 0.15) is 33.9 Å². The van der Waals surface area contributed by atoms with Gasteiger partial charge in [0.2, 0.25) is 5.91 Å². The summed E-state index contributed by atoms with van der Waals surface area (Å²) in [5, 5.41) is 11.6. The highest BCUT2D eigenvalue weighted by molar-refractivity contribution is 7.99. The molecular weight excluding hydrogens is 452 g/mol. The van der Waals surface area contributed by atoms with Gasteiger partial charge < -0.3 is 4.90 Å². The van der Waals surface area contributed by atoms with Crippen LogP contribution >= 0.6 is 23.1 Å². The summed E-state index contributed by atoms with van der Waals surface area (Å²) in [4.78, 5) is 28.0. The number of carbonyl (C=O) groups excluding carboxylic acids is 2. The number of thioether (sulfide) groups is 1. The molecule has 0 N–H and O–H groups in total. The largest absolute Gasteiger partial charge is 0.312 e. The van der Waals surface area contributed by atoms with E-state index in [2.05, 4.69) is 21.6 Å². The second-order valence-corrected chi connectivity index (χ2v) is 9.71. The van der Waals surface area contributed by atoms with Crippen LogP contribution in [0.15, 0.2) is 77.3 Å². The first-order chi connectivity index (χ1) is 16.2. The summed E-state index contributed by atoms with van der Waals surface area (Å²) >= 11 is 3.07. The Morgan fingerprint density at radius 1 is 1.00 bits per heavy atom. The number of ketones is 1. The molecule has 0 unspecified atom stereocenters. The van der Waals surface area contributed by atoms with Crippen LogP contribution in [0.4, 0.5) is 5.69 Å². The first-order valence-electron chi connectivity index (χ1n) is 10.8. The van der Waals surface area contributed by atoms with Crippen molar-refractivity contribution in [1.29, 1.82) is 0 Å². The lowest BCUT2D eigenvalue weighted by Gasteiger charge is -2.16. The van der Waals surface area contributed by atoms with Crippen molar-refractivity contribution in [2.75, 3.05) is 17.2 Å². The van der Waals surface area contributed by atoms with E-state index < -0.39 is 0 Å². The highest BCUT2D eigenvalue weighted by Gasteiger charge is 2.23. The molecule has 4 aromatic rings. The van der Waals surface area contributed by atoms with Gasteiger partial charge in [-0.25, -0.2) is 0 Å². The fourth-order valence-corrected chi connectivity index (χ4v) is 5.46. The first kappa shape index (κ1) is 21.6. The van der Waals surface area contributed by atoms with Crippen molar-refractivity contribution in [3.05, 3.63) is 88.4 Å². The molecule has 2 aromatic heterocycles. The van der Waals surface area contributed by atoms with E-state index in [1.54, 1.807) is 22.3 Å². The molecular formula is C25H22N4O2S2. The molecule has 2 aromatic carbocycles. The summed E-state index contributed by atoms with van der Waals surface area (Å²) in [5.41, 5.74) is 2.36. The summed E-state index contributed by atoms with van der Waals surface area (Å²) in [7, 11) is 0. The van der Waals surface area contributed by atoms with Gasteiger partial charge >= 0.3 is 0 Å². The highest BCUT2D eigenvalue weighted by Crippen LogP contribution is 2.27. The number of amides is 1. The molecule has 8 heteroatoms. The van der Waals surface area contributed by atoms with Crippen LogP contribution in [0.25, 0.3) is 5.69 Å². The lowest BCUT2D eigenvalue weighted by Crippen LogP contribution is -2.23. The van der Waals surface area contributed by atoms with Gasteiger partial charge in [0, 0.05) is 41.2 Å². The van der Waals surface area contributed by atoms with Crippen molar-refractivity contribution < 1.29 is 9.59 Å². The van der Waals surface area contributed by atoms with Crippen molar-refractivity contribution in [2.24, 2.45) is 0 Å². The van der Waals surface area contributed by atoms with Gasteiger partial charge in [0.25, 0.3) is 0 Å². The molecule has 3 heterocycles. The third-order valence-corrected chi connectivity index (χ3v) is 7.32. The minimum Gasteiger partial charge on any atom is -0.312 e. The lowest BCUT2D eigenvalue weighted by atomic mass is 10.1. The maximum Gasteiger partial charge on any atom is 0.227 e. The van der Waals surface area contributed by atoms with Gasteiger partial charge in [-0.1, -0.05) is 48.2 Å². The Morgan fingerprint density at radius 2 is 1.85 bits per heavy atom. The van der Waals surface area contributed by atoms with Crippen molar-refractivity contribution in [1.82, 2.24) is 14.8 Å². The Morgan fingerprint density at radius 3 is 2.61 bits per heavy atom. The summed E-state index contributed by atoms with van der Waals surface area (Å²) in [5.74, 6) is 1.19. The van der Waals surface area contributed by atoms with Gasteiger partial charge in [-0.3, -0.25) is 14.2 Å². The molecule has 1 amide bonds. The molecule has 0 atom stereocenters. The zero-order valence-electron chi connectivity index (χ0n) is 17.9. The monoisotopic (exact) mass is 474 g/mol. The van der Waals surface area contributed by atoms with Crippen LogP contribution in [-0.4, -0.2) is 38.8 Å². The quantitative estimate of drug-likeness (QED) is 0.265. The number of carbonyl (C=O) groups is 2. The molecule has 166 valence electrons. The van der Waals surface area contributed by atoms with Crippen LogP contribution in [0.5, 0.6) is 0 Å². The van der Waals surface area contributed by atoms with E-state index >= 15 is 0 Å². The average molecular weight is 475 g/mol. The molecule has 0 saturated carbocycles. The second-order valence-electron chi connectivity index (χ2n) is 7.74. The zero-order valence-corrected chi connectivity index (χ0v) is 19.5. The van der Waals surface area contributed by atoms with Crippen LogP contribution < -0.4 is 4.90 Å². The summed E-state index contributed by atoms with van der Waals surface area (Å²) < 4.78 is 2.02. The number of para-hydroxylation sites is 1. The van der Waals surface area contributed by atoms with E-state index in [-0.39, 0.29) is 17.4 Å². The minimum atomic E-state index is -0.00378. The molecule has 1 fully saturated rings. The van der Waals surface area contributed by atoms with Crippen LogP contribution in [0, 0.1) is 0 Å². The average Bonchev–Trinajstić information content (AvgIpc) is 3.60. The third kappa shape index (κ3) is 4.77. The SMILES string of the molecule is O=C(CSc1nnc(Cc2cccs2)n1-c1ccccc1)c1cccc(N2CCCC2=O)c1. The highest BCUT2D eigenvalue weighted by atomic mass is 32.2. The van der Waals surface area contributed by atoms with Crippen molar-refractivity contribution in [3.63, 3.8) is 0 Å². The number of anilines is 1. The maximum atomic E-state index is 13.0. The number of rotatable bonds is 8. The van der Waals surface area contributed by atoms with Gasteiger partial charge in [-0.15, -0.1) is 21.5 Å². The molecule has 1 aliphatic rings. The Hall–Kier alpha value is -3.23. The maximum absolute atomic E-state index is 13.0. The topological polar surface area (TPSA) is 68.1 Å². The van der Waals surface area contributed by atoms with Gasteiger partial charge in [0.15, 0.2) is 10.9 Å². The van der Waals surface area contributed by atoms with Crippen molar-refractivity contribution >= 4 is 40.5 Å². The lowest BCUT2D eigenvalue weighted by molar-refractivity contribution is -0.117. The predicted octanol–water partition coefficient (Wildman–Crippen LogP) is 5.02. The summed E-state index contributed by atoms with van der Waals surface area (Å²) in [6, 6.07) is 21.4. The Kier molecular flexibility index (Phi) is 6.37. The standard InChI is InChI=1S/C25H22N4O2S2/c30-22(18-7-4-10-20(15-18)28-13-5-12-24(28)31)17-33-25-27-26-23(16-21-11-6-14-32-21)29(25)19-8-2-1-3-9-19/h1-4,6-11,14-15H,5,12-13,16-17H2. The zero-order chi connectivity index (χ0) is 22.6. The normalized spacial score (nSPS) is 13.6. The molecule has 0 radical (unpaired) electrons. The van der Waals surface area contributed by atoms with E-state index in [0.717, 1.165) is 23.6 Å². The first-order valence-corrected chi connectivity index (χ1v) is 12.6. The number of benzene rings is 2. The number of thiophene rings is 1. The van der Waals surface area contributed by atoms with Gasteiger partial charge in [-0.05, 0) is 42.1 Å². The van der Waals surface area contributed by atoms with Gasteiger partial charge in [0.05, 0.1) is 5.75 Å². The van der Waals surface area contributed by atoms with E-state index in [1.165, 1.54) is 16.6 Å². The number of nitrogens with zero attached hydrogens (tertiary/aromatic N) is 4. The fourth-order valence-electron chi connectivity index (χ4n) is 3.90. The molecule has 1 aliphatic heterocycles. The fraction of sp³-hybridized carbons (Fsp3) is 0.200. The van der Waals surface area contributed by atoms with Crippen LogP contribution in [0.3, 0.4) is 0 Å². The Balaban J connectivity index is 1.36. The van der Waals surface area contributed by atoms with Gasteiger partial charge in [-0.2, -0.15) is 0 Å². The third-order valence-electron chi connectivity index (χ3n) is 5.51. The molecule has 6 nitrogen and oxygen atoms in total.